The Morgan fingerprint density at radius 2 is 1.00 bits per heavy atom. The molecule has 16 heavy (non-hydrogen) atoms. The summed E-state index contributed by atoms with van der Waals surface area (Å²) in [4.78, 5) is 0. The fourth-order valence-corrected chi connectivity index (χ4v) is 1.36. The van der Waals surface area contributed by atoms with Crippen molar-refractivity contribution in [2.24, 2.45) is 0 Å². The zero-order valence-electron chi connectivity index (χ0n) is 8.77. The van der Waals surface area contributed by atoms with Gasteiger partial charge in [-0.3, -0.25) is 0 Å². The van der Waals surface area contributed by atoms with E-state index >= 15 is 0 Å². The summed E-state index contributed by atoms with van der Waals surface area (Å²) in [5.41, 5.74) is 14.6. The van der Waals surface area contributed by atoms with Crippen LogP contribution in [0.1, 0.15) is 11.1 Å². The van der Waals surface area contributed by atoms with E-state index in [0.717, 1.165) is 11.1 Å². The van der Waals surface area contributed by atoms with E-state index in [4.69, 9.17) is 11.5 Å². The number of benzene rings is 2. The van der Waals surface area contributed by atoms with Crippen molar-refractivity contribution < 1.29 is 0 Å². The van der Waals surface area contributed by atoms with Crippen LogP contribution in [-0.2, 0) is 0 Å². The average molecular weight is 208 g/mol. The fourth-order valence-electron chi connectivity index (χ4n) is 1.36. The Morgan fingerprint density at radius 1 is 0.625 bits per heavy atom. The summed E-state index contributed by atoms with van der Waals surface area (Å²) in [5.74, 6) is 6.03. The molecule has 2 aromatic carbocycles. The minimum atomic E-state index is 0.685. The molecule has 0 saturated heterocycles. The molecule has 4 N–H and O–H groups in total. The third kappa shape index (κ3) is 2.15. The molecule has 0 atom stereocenters. The normalized spacial score (nSPS) is 9.25. The summed E-state index contributed by atoms with van der Waals surface area (Å²) in [7, 11) is 0. The highest BCUT2D eigenvalue weighted by Gasteiger charge is 1.93. The van der Waals surface area contributed by atoms with Gasteiger partial charge in [0.2, 0.25) is 0 Å². The van der Waals surface area contributed by atoms with Gasteiger partial charge in [-0.05, 0) is 24.3 Å². The summed E-state index contributed by atoms with van der Waals surface area (Å²) in [5, 5.41) is 0. The minimum Gasteiger partial charge on any atom is -0.398 e. The molecule has 0 amide bonds. The van der Waals surface area contributed by atoms with Crippen LogP contribution in [-0.4, -0.2) is 0 Å². The van der Waals surface area contributed by atoms with Gasteiger partial charge in [-0.2, -0.15) is 0 Å². The van der Waals surface area contributed by atoms with Gasteiger partial charge in [0.25, 0.3) is 0 Å². The molecule has 0 saturated carbocycles. The largest absolute Gasteiger partial charge is 0.398 e. The quantitative estimate of drug-likeness (QED) is 0.515. The third-order valence-corrected chi connectivity index (χ3v) is 2.25. The molecule has 2 aromatic rings. The van der Waals surface area contributed by atoms with Crippen molar-refractivity contribution in [2.45, 2.75) is 0 Å². The van der Waals surface area contributed by atoms with Crippen molar-refractivity contribution >= 4 is 11.4 Å². The molecule has 0 aromatic heterocycles. The Bertz CT molecular complexity index is 513. The number of anilines is 2. The lowest BCUT2D eigenvalue weighted by atomic mass is 10.1. The molecule has 0 aliphatic carbocycles. The second-order valence-corrected chi connectivity index (χ2v) is 3.42. The minimum absolute atomic E-state index is 0.685. The number of hydrogen-bond acceptors (Lipinski definition) is 2. The molecule has 0 radical (unpaired) electrons. The van der Waals surface area contributed by atoms with Crippen LogP contribution >= 0.6 is 0 Å². The third-order valence-electron chi connectivity index (χ3n) is 2.25. The summed E-state index contributed by atoms with van der Waals surface area (Å²) in [6.45, 7) is 0. The Labute approximate surface area is 94.9 Å². The molecule has 0 spiro atoms. The first-order valence-corrected chi connectivity index (χ1v) is 4.98. The number of para-hydroxylation sites is 2. The molecular weight excluding hydrogens is 196 g/mol. The Hall–Kier alpha value is -2.40. The maximum absolute atomic E-state index is 5.79. The molecule has 2 nitrogen and oxygen atoms in total. The molecule has 0 heterocycles. The highest BCUT2D eigenvalue weighted by atomic mass is 14.6. The Kier molecular flexibility index (Phi) is 2.79. The average Bonchev–Trinajstić information content (AvgIpc) is 2.30. The van der Waals surface area contributed by atoms with Gasteiger partial charge in [0, 0.05) is 22.5 Å². The van der Waals surface area contributed by atoms with Gasteiger partial charge >= 0.3 is 0 Å². The molecule has 0 aliphatic heterocycles. The molecular formula is C14H12N2. The van der Waals surface area contributed by atoms with Gasteiger partial charge in [-0.25, -0.2) is 0 Å². The second kappa shape index (κ2) is 4.41. The molecule has 0 bridgehead atoms. The van der Waals surface area contributed by atoms with Gasteiger partial charge in [0.1, 0.15) is 0 Å². The van der Waals surface area contributed by atoms with Crippen LogP contribution in [0.2, 0.25) is 0 Å². The first-order chi connectivity index (χ1) is 7.77. The first-order valence-electron chi connectivity index (χ1n) is 4.98. The van der Waals surface area contributed by atoms with Crippen molar-refractivity contribution in [1.82, 2.24) is 0 Å². The van der Waals surface area contributed by atoms with Gasteiger partial charge in [0.15, 0.2) is 0 Å². The van der Waals surface area contributed by atoms with Crippen molar-refractivity contribution in [3.63, 3.8) is 0 Å². The summed E-state index contributed by atoms with van der Waals surface area (Å²) in [6.07, 6.45) is 0. The molecule has 2 rings (SSSR count). The summed E-state index contributed by atoms with van der Waals surface area (Å²) in [6, 6.07) is 15.0. The topological polar surface area (TPSA) is 52.0 Å². The standard InChI is InChI=1S/C14H12N2/c15-13-7-3-1-5-11(13)9-10-12-6-2-4-8-14(12)16/h1-8H,15-16H2. The maximum atomic E-state index is 5.79. The Balaban J connectivity index is 2.36. The molecule has 78 valence electrons. The van der Waals surface area contributed by atoms with Crippen LogP contribution in [0, 0.1) is 11.8 Å². The predicted molar refractivity (Wildman–Crippen MR) is 67.7 cm³/mol. The smallest absolute Gasteiger partial charge is 0.0478 e. The number of nitrogen functional groups attached to an aromatic ring is 2. The van der Waals surface area contributed by atoms with Crippen LogP contribution in [0.4, 0.5) is 11.4 Å². The molecule has 0 unspecified atom stereocenters. The first kappa shape index (κ1) is 10.1. The van der Waals surface area contributed by atoms with Crippen molar-refractivity contribution in [3.8, 4) is 11.8 Å². The van der Waals surface area contributed by atoms with Crippen LogP contribution in [0.5, 0.6) is 0 Å². The highest BCUT2D eigenvalue weighted by Crippen LogP contribution is 2.11. The van der Waals surface area contributed by atoms with Crippen LogP contribution in [0.15, 0.2) is 48.5 Å². The van der Waals surface area contributed by atoms with Crippen LogP contribution < -0.4 is 11.5 Å². The van der Waals surface area contributed by atoms with E-state index in [1.165, 1.54) is 0 Å². The lowest BCUT2D eigenvalue weighted by Gasteiger charge is -1.97. The van der Waals surface area contributed by atoms with E-state index in [0.29, 0.717) is 11.4 Å². The lowest BCUT2D eigenvalue weighted by molar-refractivity contribution is 1.61. The molecule has 0 aliphatic rings. The Morgan fingerprint density at radius 3 is 1.38 bits per heavy atom. The lowest BCUT2D eigenvalue weighted by Crippen LogP contribution is -1.90. The van der Waals surface area contributed by atoms with E-state index in [2.05, 4.69) is 11.8 Å². The van der Waals surface area contributed by atoms with E-state index in [-0.39, 0.29) is 0 Å². The zero-order valence-corrected chi connectivity index (χ0v) is 8.77. The van der Waals surface area contributed by atoms with E-state index in [1.807, 2.05) is 48.5 Å². The van der Waals surface area contributed by atoms with Gasteiger partial charge in [-0.15, -0.1) is 0 Å². The molecule has 0 fully saturated rings. The van der Waals surface area contributed by atoms with Crippen molar-refractivity contribution in [3.05, 3.63) is 59.7 Å². The van der Waals surface area contributed by atoms with Gasteiger partial charge < -0.3 is 11.5 Å². The summed E-state index contributed by atoms with van der Waals surface area (Å²) < 4.78 is 0. The monoisotopic (exact) mass is 208 g/mol. The highest BCUT2D eigenvalue weighted by molar-refractivity contribution is 5.61. The zero-order chi connectivity index (χ0) is 11.4. The van der Waals surface area contributed by atoms with Gasteiger partial charge in [-0.1, -0.05) is 36.1 Å². The van der Waals surface area contributed by atoms with E-state index in [9.17, 15) is 0 Å². The van der Waals surface area contributed by atoms with Crippen molar-refractivity contribution in [1.29, 1.82) is 0 Å². The van der Waals surface area contributed by atoms with E-state index in [1.54, 1.807) is 0 Å². The number of rotatable bonds is 0. The SMILES string of the molecule is Nc1ccccc1C#Cc1ccccc1N. The maximum Gasteiger partial charge on any atom is 0.0478 e. The van der Waals surface area contributed by atoms with Crippen molar-refractivity contribution in [2.75, 3.05) is 11.5 Å². The molecule has 2 heteroatoms. The van der Waals surface area contributed by atoms with E-state index < -0.39 is 0 Å². The van der Waals surface area contributed by atoms with Gasteiger partial charge in [0.05, 0.1) is 0 Å². The summed E-state index contributed by atoms with van der Waals surface area (Å²) >= 11 is 0. The number of nitrogens with two attached hydrogens (primary N) is 2. The van der Waals surface area contributed by atoms with Crippen LogP contribution in [0.25, 0.3) is 0 Å². The van der Waals surface area contributed by atoms with Crippen LogP contribution in [0.3, 0.4) is 0 Å². The number of hydrogen-bond donors (Lipinski definition) is 2. The second-order valence-electron chi connectivity index (χ2n) is 3.42. The predicted octanol–water partition coefficient (Wildman–Crippen LogP) is 2.25. The fraction of sp³-hybridized carbons (Fsp3) is 0.